The Morgan fingerprint density at radius 1 is 1.22 bits per heavy atom. The lowest BCUT2D eigenvalue weighted by molar-refractivity contribution is 0.418. The van der Waals surface area contributed by atoms with Crippen molar-refractivity contribution in [3.63, 3.8) is 0 Å². The predicted octanol–water partition coefficient (Wildman–Crippen LogP) is 5.84. The van der Waals surface area contributed by atoms with Gasteiger partial charge in [-0.15, -0.1) is 0 Å². The summed E-state index contributed by atoms with van der Waals surface area (Å²) in [6.07, 6.45) is 13.5. The van der Waals surface area contributed by atoms with Crippen LogP contribution in [0.3, 0.4) is 0 Å². The van der Waals surface area contributed by atoms with Gasteiger partial charge < -0.3 is 10.1 Å². The molecule has 1 atom stereocenters. The molecule has 0 saturated carbocycles. The molecule has 3 aromatic rings. The van der Waals surface area contributed by atoms with E-state index in [-0.39, 0.29) is 0 Å². The smallest absolute Gasteiger partial charge is 0.145 e. The van der Waals surface area contributed by atoms with Gasteiger partial charge in [-0.05, 0) is 80.4 Å². The molecule has 1 aliphatic heterocycles. The zero-order chi connectivity index (χ0) is 22.3. The summed E-state index contributed by atoms with van der Waals surface area (Å²) >= 11 is 0. The lowest BCUT2D eigenvalue weighted by Crippen LogP contribution is -2.08. The Bertz CT molecular complexity index is 1110. The molecule has 32 heavy (non-hydrogen) atoms. The number of nitrogens with zero attached hydrogens (tertiary/aromatic N) is 3. The van der Waals surface area contributed by atoms with Crippen LogP contribution in [0.15, 0.2) is 48.9 Å². The number of imidazole rings is 1. The zero-order valence-electron chi connectivity index (χ0n) is 19.1. The molecule has 5 heteroatoms. The van der Waals surface area contributed by atoms with E-state index in [0.29, 0.717) is 5.56 Å². The number of nitrogens with one attached hydrogen (secondary N) is 1. The molecule has 1 fully saturated rings. The summed E-state index contributed by atoms with van der Waals surface area (Å²) < 4.78 is 7.78. The van der Waals surface area contributed by atoms with Gasteiger partial charge in [-0.1, -0.05) is 31.6 Å². The number of pyridine rings is 1. The molecule has 1 saturated heterocycles. The molecule has 1 aromatic carbocycles. The molecular formula is C27H32N4O. The van der Waals surface area contributed by atoms with Crippen LogP contribution >= 0.6 is 0 Å². The van der Waals surface area contributed by atoms with Gasteiger partial charge in [0.15, 0.2) is 0 Å². The molecule has 5 nitrogen and oxygen atoms in total. The van der Waals surface area contributed by atoms with Crippen molar-refractivity contribution in [1.82, 2.24) is 14.7 Å². The van der Waals surface area contributed by atoms with Crippen LogP contribution in [0.5, 0.6) is 5.75 Å². The van der Waals surface area contributed by atoms with E-state index >= 15 is 0 Å². The largest absolute Gasteiger partial charge is 0.494 e. The number of aromatic nitrogens is 2. The van der Waals surface area contributed by atoms with E-state index < -0.39 is 0 Å². The number of rotatable bonds is 4. The third-order valence-electron chi connectivity index (χ3n) is 6.57. The van der Waals surface area contributed by atoms with Crippen molar-refractivity contribution >= 4 is 11.1 Å². The predicted molar refractivity (Wildman–Crippen MR) is 130 cm³/mol. The fourth-order valence-corrected chi connectivity index (χ4v) is 4.59. The minimum atomic E-state index is 0.665. The van der Waals surface area contributed by atoms with E-state index in [2.05, 4.69) is 39.8 Å². The first-order valence-corrected chi connectivity index (χ1v) is 11.7. The summed E-state index contributed by atoms with van der Waals surface area (Å²) in [4.78, 5) is 4.37. The first kappa shape index (κ1) is 22.1. The van der Waals surface area contributed by atoms with Gasteiger partial charge in [0.1, 0.15) is 11.3 Å². The first-order valence-electron chi connectivity index (χ1n) is 11.7. The molecule has 2 aromatic heterocycles. The van der Waals surface area contributed by atoms with E-state index in [0.717, 1.165) is 41.2 Å². The Balaban J connectivity index is 0.000000433. The van der Waals surface area contributed by atoms with E-state index in [1.807, 2.05) is 36.8 Å². The molecule has 1 N–H and O–H groups in total. The van der Waals surface area contributed by atoms with Crippen LogP contribution in [0.1, 0.15) is 56.7 Å². The minimum absolute atomic E-state index is 0.665. The number of hydrogen-bond acceptors (Lipinski definition) is 4. The maximum atomic E-state index is 9.11. The van der Waals surface area contributed by atoms with Crippen LogP contribution in [0.25, 0.3) is 22.2 Å². The third kappa shape index (κ3) is 4.71. The number of ether oxygens (including phenoxy) is 1. The van der Waals surface area contributed by atoms with Crippen LogP contribution in [0.2, 0.25) is 0 Å². The van der Waals surface area contributed by atoms with Crippen molar-refractivity contribution < 1.29 is 4.74 Å². The number of benzene rings is 1. The maximum Gasteiger partial charge on any atom is 0.145 e. The monoisotopic (exact) mass is 428 g/mol. The molecule has 0 radical (unpaired) electrons. The van der Waals surface area contributed by atoms with Crippen LogP contribution < -0.4 is 10.1 Å². The molecule has 3 heterocycles. The average Bonchev–Trinajstić information content (AvgIpc) is 3.59. The molecule has 166 valence electrons. The second-order valence-electron chi connectivity index (χ2n) is 8.55. The Morgan fingerprint density at radius 3 is 2.56 bits per heavy atom. The van der Waals surface area contributed by atoms with Crippen molar-refractivity contribution in [2.45, 2.75) is 45.4 Å². The first-order chi connectivity index (χ1) is 15.7. The standard InChI is InChI=1S/C23H23N3O.C4H9N/c1-3-16-4-10-19(11-5-16)23-20(18-8-6-17(13-24)7-9-18)12-22(27-2)21-14-25-15-26(21)23;1-2-4-5-3-1/h6-10,12,14-16H,3-5,11H2,1-2H3;5H,1-4H2. The van der Waals surface area contributed by atoms with Gasteiger partial charge in [0, 0.05) is 5.56 Å². The van der Waals surface area contributed by atoms with Crippen molar-refractivity contribution in [2.24, 2.45) is 5.92 Å². The van der Waals surface area contributed by atoms with Crippen molar-refractivity contribution in [1.29, 1.82) is 5.26 Å². The zero-order valence-corrected chi connectivity index (χ0v) is 19.1. The highest BCUT2D eigenvalue weighted by molar-refractivity contribution is 5.84. The molecular weight excluding hydrogens is 396 g/mol. The maximum absolute atomic E-state index is 9.11. The number of nitriles is 1. The van der Waals surface area contributed by atoms with Crippen molar-refractivity contribution in [3.8, 4) is 22.9 Å². The van der Waals surface area contributed by atoms with Gasteiger partial charge in [-0.25, -0.2) is 4.98 Å². The van der Waals surface area contributed by atoms with Gasteiger partial charge in [-0.2, -0.15) is 5.26 Å². The summed E-state index contributed by atoms with van der Waals surface area (Å²) in [7, 11) is 1.69. The van der Waals surface area contributed by atoms with Gasteiger partial charge in [-0.3, -0.25) is 4.40 Å². The summed E-state index contributed by atoms with van der Waals surface area (Å²) in [5, 5.41) is 12.3. The lowest BCUT2D eigenvalue weighted by atomic mass is 9.85. The van der Waals surface area contributed by atoms with Gasteiger partial charge in [0.2, 0.25) is 0 Å². The van der Waals surface area contributed by atoms with Crippen molar-refractivity contribution in [3.05, 3.63) is 60.2 Å². The van der Waals surface area contributed by atoms with Crippen molar-refractivity contribution in [2.75, 3.05) is 20.2 Å². The highest BCUT2D eigenvalue weighted by Crippen LogP contribution is 2.39. The van der Waals surface area contributed by atoms with E-state index in [1.54, 1.807) is 7.11 Å². The molecule has 0 spiro atoms. The Hall–Kier alpha value is -3.10. The highest BCUT2D eigenvalue weighted by atomic mass is 16.5. The quantitative estimate of drug-likeness (QED) is 0.567. The molecule has 1 aliphatic carbocycles. The fraction of sp³-hybridized carbons (Fsp3) is 0.407. The van der Waals surface area contributed by atoms with Crippen LogP contribution in [-0.2, 0) is 0 Å². The summed E-state index contributed by atoms with van der Waals surface area (Å²) in [5.41, 5.74) is 6.38. The number of fused-ring (bicyclic) bond motifs is 1. The second-order valence-corrected chi connectivity index (χ2v) is 8.55. The summed E-state index contributed by atoms with van der Waals surface area (Å²) in [6.45, 7) is 4.77. The van der Waals surface area contributed by atoms with Gasteiger partial charge in [0.05, 0.1) is 37.0 Å². The Kier molecular flexibility index (Phi) is 7.24. The van der Waals surface area contributed by atoms with Crippen LogP contribution in [0, 0.1) is 17.2 Å². The second kappa shape index (κ2) is 10.5. The number of methoxy groups -OCH3 is 1. The van der Waals surface area contributed by atoms with E-state index in [1.165, 1.54) is 50.0 Å². The molecule has 5 rings (SSSR count). The lowest BCUT2D eigenvalue weighted by Gasteiger charge is -2.24. The molecule has 1 unspecified atom stereocenters. The van der Waals surface area contributed by atoms with Crippen LogP contribution in [0.4, 0.5) is 0 Å². The minimum Gasteiger partial charge on any atom is -0.494 e. The third-order valence-corrected chi connectivity index (χ3v) is 6.57. The van der Waals surface area contributed by atoms with Gasteiger partial charge in [0.25, 0.3) is 0 Å². The Labute approximate surface area is 190 Å². The Morgan fingerprint density at radius 2 is 2.00 bits per heavy atom. The summed E-state index contributed by atoms with van der Waals surface area (Å²) in [6, 6.07) is 12.0. The molecule has 0 bridgehead atoms. The average molecular weight is 429 g/mol. The summed E-state index contributed by atoms with van der Waals surface area (Å²) in [5.74, 6) is 1.59. The van der Waals surface area contributed by atoms with Crippen LogP contribution in [-0.4, -0.2) is 29.6 Å². The van der Waals surface area contributed by atoms with E-state index in [9.17, 15) is 0 Å². The number of hydrogen-bond donors (Lipinski definition) is 1. The molecule has 2 aliphatic rings. The van der Waals surface area contributed by atoms with E-state index in [4.69, 9.17) is 10.00 Å². The topological polar surface area (TPSA) is 62.3 Å². The van der Waals surface area contributed by atoms with Gasteiger partial charge >= 0.3 is 0 Å². The SMILES string of the molecule is C1CCNC1.CCC1CC=C(c2c(-c3ccc(C#N)cc3)cc(OC)c3cncn23)CC1. The highest BCUT2D eigenvalue weighted by Gasteiger charge is 2.21. The molecule has 0 amide bonds. The normalized spacial score (nSPS) is 17.9. The fourth-order valence-electron chi connectivity index (χ4n) is 4.59. The number of allylic oxidation sites excluding steroid dienone is 2.